The molecule has 1 fully saturated rings. The van der Waals surface area contributed by atoms with Gasteiger partial charge < -0.3 is 15.2 Å². The second-order valence-corrected chi connectivity index (χ2v) is 6.26. The van der Waals surface area contributed by atoms with Gasteiger partial charge in [-0.05, 0) is 45.0 Å². The maximum Gasteiger partial charge on any atom is 0.449 e. The van der Waals surface area contributed by atoms with Gasteiger partial charge in [0.05, 0.1) is 11.0 Å². The number of alkyl halides is 3. The zero-order valence-corrected chi connectivity index (χ0v) is 15.9. The second-order valence-electron chi connectivity index (χ2n) is 6.26. The van der Waals surface area contributed by atoms with E-state index in [0.717, 1.165) is 17.5 Å². The van der Waals surface area contributed by atoms with Crippen molar-refractivity contribution >= 4 is 41.8 Å². The first-order chi connectivity index (χ1) is 11.3. The van der Waals surface area contributed by atoms with Crippen LogP contribution in [0.1, 0.15) is 42.5 Å². The van der Waals surface area contributed by atoms with Gasteiger partial charge in [-0.2, -0.15) is 13.2 Å². The first-order valence-electron chi connectivity index (χ1n) is 7.88. The molecule has 5 nitrogen and oxygen atoms in total. The first kappa shape index (κ1) is 22.5. The molecule has 1 saturated heterocycles. The summed E-state index contributed by atoms with van der Waals surface area (Å²) < 4.78 is 40.8. The van der Waals surface area contributed by atoms with Crippen molar-refractivity contribution in [1.82, 2.24) is 20.2 Å². The number of hydrogen-bond donors (Lipinski definition) is 2. The predicted molar refractivity (Wildman–Crippen MR) is 98.4 cm³/mol. The summed E-state index contributed by atoms with van der Waals surface area (Å²) >= 11 is 0. The summed E-state index contributed by atoms with van der Waals surface area (Å²) in [5.74, 6) is -1.23. The Kier molecular flexibility index (Phi) is 7.33. The van der Waals surface area contributed by atoms with Crippen LogP contribution in [0.25, 0.3) is 11.0 Å². The van der Waals surface area contributed by atoms with E-state index in [0.29, 0.717) is 17.6 Å². The Morgan fingerprint density at radius 2 is 2.04 bits per heavy atom. The van der Waals surface area contributed by atoms with Crippen molar-refractivity contribution in [3.8, 4) is 0 Å². The molecule has 1 unspecified atom stereocenters. The Labute approximate surface area is 161 Å². The average molecular weight is 413 g/mol. The molecule has 2 N–H and O–H groups in total. The molecule has 1 amide bonds. The van der Waals surface area contributed by atoms with Crippen molar-refractivity contribution in [3.05, 3.63) is 29.6 Å². The third-order valence-electron chi connectivity index (χ3n) is 4.12. The molecule has 1 atom stereocenters. The van der Waals surface area contributed by atoms with Crippen molar-refractivity contribution in [3.63, 3.8) is 0 Å². The lowest BCUT2D eigenvalue weighted by Crippen LogP contribution is -2.36. The molecule has 0 bridgehead atoms. The molecule has 1 aromatic carbocycles. The number of halogens is 5. The van der Waals surface area contributed by atoms with Gasteiger partial charge in [0.15, 0.2) is 0 Å². The number of amides is 1. The average Bonchev–Trinajstić information content (AvgIpc) is 3.12. The van der Waals surface area contributed by atoms with Crippen molar-refractivity contribution in [1.29, 1.82) is 0 Å². The SMILES string of the molecule is CC(C)n1c(C(F)(F)F)nc2cc(C(=O)NC3CCNC3)ccc21.Cl.Cl. The highest BCUT2D eigenvalue weighted by molar-refractivity contribution is 5.97. The smallest absolute Gasteiger partial charge is 0.348 e. The number of benzene rings is 1. The molecule has 0 aliphatic carbocycles. The maximum atomic E-state index is 13.2. The zero-order valence-electron chi connectivity index (χ0n) is 14.3. The summed E-state index contributed by atoms with van der Waals surface area (Å²) in [6.07, 6.45) is -3.70. The fourth-order valence-electron chi connectivity index (χ4n) is 3.01. The largest absolute Gasteiger partial charge is 0.449 e. The van der Waals surface area contributed by atoms with Crippen molar-refractivity contribution < 1.29 is 18.0 Å². The summed E-state index contributed by atoms with van der Waals surface area (Å²) in [6, 6.07) is 4.14. The second kappa shape index (κ2) is 8.45. The van der Waals surface area contributed by atoms with Crippen LogP contribution in [0.15, 0.2) is 18.2 Å². The van der Waals surface area contributed by atoms with Crippen LogP contribution in [0.4, 0.5) is 13.2 Å². The summed E-state index contributed by atoms with van der Waals surface area (Å²) in [5, 5.41) is 6.02. The molecule has 1 aliphatic rings. The highest BCUT2D eigenvalue weighted by Gasteiger charge is 2.38. The highest BCUT2D eigenvalue weighted by Crippen LogP contribution is 2.33. The number of carbonyl (C=O) groups is 1. The molecule has 0 saturated carbocycles. The van der Waals surface area contributed by atoms with Gasteiger partial charge in [0, 0.05) is 24.2 Å². The molecule has 2 aromatic rings. The summed E-state index contributed by atoms with van der Waals surface area (Å²) in [6.45, 7) is 4.89. The fraction of sp³-hybridized carbons (Fsp3) is 0.500. The molecule has 2 heterocycles. The Morgan fingerprint density at radius 1 is 1.35 bits per heavy atom. The van der Waals surface area contributed by atoms with Gasteiger partial charge in [0.1, 0.15) is 0 Å². The van der Waals surface area contributed by atoms with Gasteiger partial charge in [-0.15, -0.1) is 24.8 Å². The Morgan fingerprint density at radius 3 is 2.58 bits per heavy atom. The highest BCUT2D eigenvalue weighted by atomic mass is 35.5. The van der Waals surface area contributed by atoms with E-state index in [2.05, 4.69) is 15.6 Å². The summed E-state index contributed by atoms with van der Waals surface area (Å²) in [5.41, 5.74) is 0.862. The maximum absolute atomic E-state index is 13.2. The van der Waals surface area contributed by atoms with Crippen LogP contribution >= 0.6 is 24.8 Å². The molecule has 146 valence electrons. The third-order valence-corrected chi connectivity index (χ3v) is 4.12. The molecule has 10 heteroatoms. The molecule has 0 spiro atoms. The van der Waals surface area contributed by atoms with Gasteiger partial charge in [-0.1, -0.05) is 0 Å². The van der Waals surface area contributed by atoms with Gasteiger partial charge >= 0.3 is 6.18 Å². The monoisotopic (exact) mass is 412 g/mol. The lowest BCUT2D eigenvalue weighted by molar-refractivity contribution is -0.147. The third kappa shape index (κ3) is 4.42. The molecule has 3 rings (SSSR count). The van der Waals surface area contributed by atoms with Crippen LogP contribution < -0.4 is 10.6 Å². The summed E-state index contributed by atoms with van der Waals surface area (Å²) in [4.78, 5) is 16.0. The van der Waals surface area contributed by atoms with Gasteiger partial charge in [0.2, 0.25) is 5.82 Å². The normalized spacial score (nSPS) is 17.1. The summed E-state index contributed by atoms with van der Waals surface area (Å²) in [7, 11) is 0. The van der Waals surface area contributed by atoms with Gasteiger partial charge in [0.25, 0.3) is 5.91 Å². The zero-order chi connectivity index (χ0) is 17.5. The van der Waals surface area contributed by atoms with Crippen molar-refractivity contribution in [2.75, 3.05) is 13.1 Å². The quantitative estimate of drug-likeness (QED) is 0.809. The Balaban J connectivity index is 0.00000169. The van der Waals surface area contributed by atoms with E-state index in [1.807, 2.05) is 0 Å². The van der Waals surface area contributed by atoms with E-state index in [1.165, 1.54) is 12.1 Å². The lowest BCUT2D eigenvalue weighted by Gasteiger charge is -2.14. The minimum Gasteiger partial charge on any atom is -0.348 e. The van der Waals surface area contributed by atoms with E-state index >= 15 is 0 Å². The van der Waals surface area contributed by atoms with E-state index in [-0.39, 0.29) is 42.3 Å². The Bertz CT molecular complexity index is 771. The minimum absolute atomic E-state index is 0. The fourth-order valence-corrected chi connectivity index (χ4v) is 3.01. The van der Waals surface area contributed by atoms with Crippen molar-refractivity contribution in [2.24, 2.45) is 0 Å². The minimum atomic E-state index is -4.54. The molecular weight excluding hydrogens is 392 g/mol. The number of carbonyl (C=O) groups excluding carboxylic acids is 1. The molecular formula is C16H21Cl2F3N4O. The van der Waals surface area contributed by atoms with E-state index < -0.39 is 18.0 Å². The Hall–Kier alpha value is -1.51. The van der Waals surface area contributed by atoms with E-state index in [9.17, 15) is 18.0 Å². The number of imidazole rings is 1. The van der Waals surface area contributed by atoms with Gasteiger partial charge in [-0.25, -0.2) is 4.98 Å². The molecule has 0 radical (unpaired) electrons. The topological polar surface area (TPSA) is 59.0 Å². The van der Waals surface area contributed by atoms with E-state index in [1.54, 1.807) is 19.9 Å². The predicted octanol–water partition coefficient (Wildman–Crippen LogP) is 3.57. The van der Waals surface area contributed by atoms with Crippen LogP contribution in [0, 0.1) is 0 Å². The van der Waals surface area contributed by atoms with Crippen LogP contribution in [-0.4, -0.2) is 34.6 Å². The van der Waals surface area contributed by atoms with Crippen LogP contribution in [-0.2, 0) is 6.18 Å². The van der Waals surface area contributed by atoms with Crippen LogP contribution in [0.3, 0.4) is 0 Å². The molecule has 1 aliphatic heterocycles. The molecule has 1 aromatic heterocycles. The number of fused-ring (bicyclic) bond motifs is 1. The van der Waals surface area contributed by atoms with Crippen LogP contribution in [0.2, 0.25) is 0 Å². The molecule has 26 heavy (non-hydrogen) atoms. The number of hydrogen-bond acceptors (Lipinski definition) is 3. The lowest BCUT2D eigenvalue weighted by atomic mass is 10.1. The number of rotatable bonds is 3. The van der Waals surface area contributed by atoms with Crippen molar-refractivity contribution in [2.45, 2.75) is 38.5 Å². The van der Waals surface area contributed by atoms with Crippen LogP contribution in [0.5, 0.6) is 0 Å². The van der Waals surface area contributed by atoms with Gasteiger partial charge in [-0.3, -0.25) is 4.79 Å². The number of aromatic nitrogens is 2. The standard InChI is InChI=1S/C16H19F3N4O.2ClH/c1-9(2)23-13-4-3-10(14(24)21-11-5-6-20-8-11)7-12(13)22-15(23)16(17,18)19;;/h3-4,7,9,11,20H,5-6,8H2,1-2H3,(H,21,24);2*1H. The number of nitrogens with zero attached hydrogens (tertiary/aromatic N) is 2. The number of nitrogens with one attached hydrogen (secondary N) is 2. The van der Waals surface area contributed by atoms with E-state index in [4.69, 9.17) is 0 Å². The first-order valence-corrected chi connectivity index (χ1v) is 7.88.